The number of rotatable bonds is 4. The molecule has 1 aromatic heterocycles. The third-order valence-corrected chi connectivity index (χ3v) is 6.89. The van der Waals surface area contributed by atoms with Crippen LogP contribution in [0.15, 0.2) is 30.5 Å². The van der Waals surface area contributed by atoms with E-state index in [1.165, 1.54) is 19.3 Å². The van der Waals surface area contributed by atoms with Crippen molar-refractivity contribution in [3.63, 3.8) is 0 Å². The summed E-state index contributed by atoms with van der Waals surface area (Å²) in [4.78, 5) is 28.4. The van der Waals surface area contributed by atoms with E-state index in [1.807, 2.05) is 24.3 Å². The van der Waals surface area contributed by atoms with Gasteiger partial charge in [-0.15, -0.1) is 0 Å². The molecule has 4 aliphatic rings. The molecule has 27 heavy (non-hydrogen) atoms. The molecule has 4 fully saturated rings. The first kappa shape index (κ1) is 16.8. The second kappa shape index (κ2) is 6.11. The predicted molar refractivity (Wildman–Crippen MR) is 102 cm³/mol. The number of benzene rings is 1. The summed E-state index contributed by atoms with van der Waals surface area (Å²) in [5.41, 5.74) is 1.29. The van der Waals surface area contributed by atoms with Gasteiger partial charge in [0, 0.05) is 22.6 Å². The molecule has 1 amide bonds. The van der Waals surface area contributed by atoms with Gasteiger partial charge in [-0.2, -0.15) is 0 Å². The van der Waals surface area contributed by atoms with E-state index in [-0.39, 0.29) is 11.4 Å². The molecule has 2 N–H and O–H groups in total. The summed E-state index contributed by atoms with van der Waals surface area (Å²) in [5, 5.41) is 4.10. The van der Waals surface area contributed by atoms with Crippen LogP contribution in [0.5, 0.6) is 0 Å². The van der Waals surface area contributed by atoms with Crippen LogP contribution in [0.3, 0.4) is 0 Å². The lowest BCUT2D eigenvalue weighted by molar-refractivity contribution is -0.134. The zero-order valence-electron chi connectivity index (χ0n) is 15.7. The molecule has 4 saturated carbocycles. The van der Waals surface area contributed by atoms with E-state index >= 15 is 0 Å². The topological polar surface area (TPSA) is 71.2 Å². The number of hydrogen-bond acceptors (Lipinski definition) is 3. The van der Waals surface area contributed by atoms with Gasteiger partial charge in [0.25, 0.3) is 5.91 Å². The number of H-pyrrole nitrogens is 1. The largest absolute Gasteiger partial charge is 0.449 e. The van der Waals surface area contributed by atoms with Gasteiger partial charge in [-0.05, 0) is 69.3 Å². The van der Waals surface area contributed by atoms with Crippen LogP contribution in [-0.2, 0) is 9.53 Å². The number of hydrogen-bond donors (Lipinski definition) is 2. The van der Waals surface area contributed by atoms with Crippen LogP contribution in [0.1, 0.15) is 55.8 Å². The third-order valence-electron chi connectivity index (χ3n) is 6.89. The maximum absolute atomic E-state index is 12.8. The molecule has 4 bridgehead atoms. The Morgan fingerprint density at radius 1 is 1.11 bits per heavy atom. The Balaban J connectivity index is 1.26. The summed E-state index contributed by atoms with van der Waals surface area (Å²) in [7, 11) is 0. The minimum absolute atomic E-state index is 0.0622. The number of ether oxygens (including phenoxy) is 1. The van der Waals surface area contributed by atoms with Gasteiger partial charge < -0.3 is 15.0 Å². The molecule has 1 atom stereocenters. The van der Waals surface area contributed by atoms with Gasteiger partial charge in [0.2, 0.25) is 0 Å². The molecule has 4 aliphatic carbocycles. The van der Waals surface area contributed by atoms with Crippen molar-refractivity contribution in [2.45, 2.75) is 57.1 Å². The lowest BCUT2D eigenvalue weighted by atomic mass is 9.53. The number of carbonyl (C=O) groups is 2. The van der Waals surface area contributed by atoms with Crippen molar-refractivity contribution in [3.05, 3.63) is 36.0 Å². The van der Waals surface area contributed by atoms with Gasteiger partial charge in [0.1, 0.15) is 0 Å². The van der Waals surface area contributed by atoms with Gasteiger partial charge in [-0.3, -0.25) is 4.79 Å². The zero-order valence-corrected chi connectivity index (χ0v) is 15.7. The Labute approximate surface area is 158 Å². The number of aromatic nitrogens is 1. The molecular formula is C22H26N2O3. The van der Waals surface area contributed by atoms with E-state index in [2.05, 4.69) is 10.3 Å². The van der Waals surface area contributed by atoms with Crippen LogP contribution in [0.2, 0.25) is 0 Å². The fraction of sp³-hybridized carbons (Fsp3) is 0.545. The summed E-state index contributed by atoms with van der Waals surface area (Å²) in [6.45, 7) is 1.67. The van der Waals surface area contributed by atoms with Crippen molar-refractivity contribution in [2.75, 3.05) is 0 Å². The van der Waals surface area contributed by atoms with E-state index in [0.717, 1.165) is 47.9 Å². The quantitative estimate of drug-likeness (QED) is 0.809. The SMILES string of the molecule is C[C@H](OC(=O)c1c[nH]c2ccccc12)C(=O)NC12CC3CC(CC(C3)C1)C2. The van der Waals surface area contributed by atoms with Crippen LogP contribution in [0.25, 0.3) is 10.9 Å². The second-order valence-electron chi connectivity index (χ2n) is 8.98. The maximum Gasteiger partial charge on any atom is 0.341 e. The molecule has 5 heteroatoms. The Morgan fingerprint density at radius 3 is 2.41 bits per heavy atom. The smallest absolute Gasteiger partial charge is 0.341 e. The Hall–Kier alpha value is -2.30. The fourth-order valence-corrected chi connectivity index (χ4v) is 6.14. The standard InChI is InChI=1S/C22H26N2O3/c1-13(27-21(26)18-12-23-19-5-3-2-4-17(18)19)20(25)24-22-9-14-6-15(10-22)8-16(7-14)11-22/h2-5,12-16,23H,6-11H2,1H3,(H,24,25)/t13-,14?,15?,16?,22?/m0/s1. The van der Waals surface area contributed by atoms with Crippen LogP contribution in [0, 0.1) is 17.8 Å². The fourth-order valence-electron chi connectivity index (χ4n) is 6.14. The molecule has 5 nitrogen and oxygen atoms in total. The average molecular weight is 366 g/mol. The van der Waals surface area contributed by atoms with Crippen molar-refractivity contribution < 1.29 is 14.3 Å². The van der Waals surface area contributed by atoms with Crippen LogP contribution in [0.4, 0.5) is 0 Å². The molecule has 1 aromatic carbocycles. The monoisotopic (exact) mass is 366 g/mol. The molecule has 0 radical (unpaired) electrons. The highest BCUT2D eigenvalue weighted by Crippen LogP contribution is 2.55. The number of esters is 1. The summed E-state index contributed by atoms with van der Waals surface area (Å²) in [6, 6.07) is 7.59. The number of carbonyl (C=O) groups excluding carboxylic acids is 2. The number of nitrogens with one attached hydrogen (secondary N) is 2. The minimum atomic E-state index is -0.792. The maximum atomic E-state index is 12.8. The van der Waals surface area contributed by atoms with Crippen molar-refractivity contribution in [1.82, 2.24) is 10.3 Å². The molecular weight excluding hydrogens is 340 g/mol. The van der Waals surface area contributed by atoms with Gasteiger partial charge in [-0.1, -0.05) is 18.2 Å². The van der Waals surface area contributed by atoms with Gasteiger partial charge in [-0.25, -0.2) is 4.79 Å². The van der Waals surface area contributed by atoms with E-state index in [4.69, 9.17) is 4.74 Å². The van der Waals surface area contributed by atoms with Crippen molar-refractivity contribution in [2.24, 2.45) is 17.8 Å². The number of amides is 1. The molecule has 1 heterocycles. The molecule has 142 valence electrons. The predicted octanol–water partition coefficient (Wildman–Crippen LogP) is 3.80. The van der Waals surface area contributed by atoms with Crippen molar-refractivity contribution in [1.29, 1.82) is 0 Å². The number of aromatic amines is 1. The van der Waals surface area contributed by atoms with Crippen LogP contribution < -0.4 is 5.32 Å². The first-order valence-electron chi connectivity index (χ1n) is 10.1. The van der Waals surface area contributed by atoms with Gasteiger partial charge in [0.15, 0.2) is 6.10 Å². The van der Waals surface area contributed by atoms with E-state index < -0.39 is 12.1 Å². The Kier molecular flexibility index (Phi) is 3.81. The summed E-state index contributed by atoms with van der Waals surface area (Å²) < 4.78 is 5.51. The van der Waals surface area contributed by atoms with Crippen molar-refractivity contribution in [3.8, 4) is 0 Å². The van der Waals surface area contributed by atoms with Crippen molar-refractivity contribution >= 4 is 22.8 Å². The summed E-state index contributed by atoms with van der Waals surface area (Å²) in [5.74, 6) is 1.67. The van der Waals surface area contributed by atoms with Gasteiger partial charge >= 0.3 is 5.97 Å². The molecule has 6 rings (SSSR count). The van der Waals surface area contributed by atoms with Crippen LogP contribution >= 0.6 is 0 Å². The average Bonchev–Trinajstić information content (AvgIpc) is 3.04. The lowest BCUT2D eigenvalue weighted by Gasteiger charge is -2.57. The molecule has 0 saturated heterocycles. The van der Waals surface area contributed by atoms with E-state index in [1.54, 1.807) is 13.1 Å². The normalized spacial score (nSPS) is 32.4. The highest BCUT2D eigenvalue weighted by atomic mass is 16.5. The minimum Gasteiger partial charge on any atom is -0.449 e. The third kappa shape index (κ3) is 2.93. The number of fused-ring (bicyclic) bond motifs is 1. The first-order valence-corrected chi connectivity index (χ1v) is 10.1. The molecule has 0 spiro atoms. The zero-order chi connectivity index (χ0) is 18.6. The number of para-hydroxylation sites is 1. The molecule has 0 aliphatic heterocycles. The highest BCUT2D eigenvalue weighted by molar-refractivity contribution is 6.04. The molecule has 2 aromatic rings. The first-order chi connectivity index (χ1) is 13.0. The van der Waals surface area contributed by atoms with E-state index in [9.17, 15) is 9.59 Å². The van der Waals surface area contributed by atoms with E-state index in [0.29, 0.717) is 5.56 Å². The summed E-state index contributed by atoms with van der Waals surface area (Å²) in [6.07, 6.45) is 8.13. The Bertz CT molecular complexity index is 865. The molecule has 0 unspecified atom stereocenters. The summed E-state index contributed by atoms with van der Waals surface area (Å²) >= 11 is 0. The lowest BCUT2D eigenvalue weighted by Crippen LogP contribution is -2.61. The second-order valence-corrected chi connectivity index (χ2v) is 8.98. The highest BCUT2D eigenvalue weighted by Gasteiger charge is 2.51. The Morgan fingerprint density at radius 2 is 1.74 bits per heavy atom. The van der Waals surface area contributed by atoms with Crippen LogP contribution in [-0.4, -0.2) is 28.5 Å². The van der Waals surface area contributed by atoms with Gasteiger partial charge in [0.05, 0.1) is 5.56 Å².